The monoisotopic (exact) mass is 270 g/mol. The van der Waals surface area contributed by atoms with Crippen LogP contribution in [0.3, 0.4) is 0 Å². The van der Waals surface area contributed by atoms with Gasteiger partial charge in [-0.25, -0.2) is 0 Å². The largest absolute Gasteiger partial charge is 0.490 e. The summed E-state index contributed by atoms with van der Waals surface area (Å²) in [5.41, 5.74) is 2.24. The van der Waals surface area contributed by atoms with Gasteiger partial charge in [0.2, 0.25) is 0 Å². The topological polar surface area (TPSA) is 39.4 Å². The van der Waals surface area contributed by atoms with Crippen LogP contribution >= 0.6 is 0 Å². The first-order valence-electron chi connectivity index (χ1n) is 6.94. The van der Waals surface area contributed by atoms with Crippen molar-refractivity contribution in [1.82, 2.24) is 0 Å². The van der Waals surface area contributed by atoms with Crippen LogP contribution in [0, 0.1) is 20.8 Å². The van der Waals surface area contributed by atoms with Gasteiger partial charge in [-0.2, -0.15) is 0 Å². The fourth-order valence-electron chi connectivity index (χ4n) is 2.36. The minimum absolute atomic E-state index is 0.00176. The molecule has 3 nitrogen and oxygen atoms in total. The highest BCUT2D eigenvalue weighted by molar-refractivity contribution is 6.10. The molecule has 1 aromatic heterocycles. The van der Waals surface area contributed by atoms with Crippen molar-refractivity contribution in [2.24, 2.45) is 0 Å². The average Bonchev–Trinajstić information content (AvgIpc) is 3.18. The Hall–Kier alpha value is -2.03. The molecule has 0 saturated heterocycles. The lowest BCUT2D eigenvalue weighted by molar-refractivity contribution is 0.103. The SMILES string of the molecule is Cc1oc(C)c(C(=O)c2cccc(OC3CC3)c2)c1C. The van der Waals surface area contributed by atoms with E-state index in [1.807, 2.05) is 45.0 Å². The quantitative estimate of drug-likeness (QED) is 0.789. The van der Waals surface area contributed by atoms with Crippen LogP contribution in [0.4, 0.5) is 0 Å². The number of hydrogen-bond donors (Lipinski definition) is 0. The van der Waals surface area contributed by atoms with Crippen LogP contribution < -0.4 is 4.74 Å². The lowest BCUT2D eigenvalue weighted by atomic mass is 10.00. The summed E-state index contributed by atoms with van der Waals surface area (Å²) in [4.78, 5) is 12.6. The van der Waals surface area contributed by atoms with Gasteiger partial charge >= 0.3 is 0 Å². The van der Waals surface area contributed by atoms with Crippen molar-refractivity contribution in [3.05, 3.63) is 52.5 Å². The van der Waals surface area contributed by atoms with Crippen molar-refractivity contribution in [3.63, 3.8) is 0 Å². The maximum absolute atomic E-state index is 12.6. The van der Waals surface area contributed by atoms with Crippen LogP contribution in [0.15, 0.2) is 28.7 Å². The number of ether oxygens (including phenoxy) is 1. The molecule has 0 radical (unpaired) electrons. The van der Waals surface area contributed by atoms with E-state index < -0.39 is 0 Å². The summed E-state index contributed by atoms with van der Waals surface area (Å²) in [5, 5.41) is 0. The van der Waals surface area contributed by atoms with E-state index in [1.54, 1.807) is 0 Å². The van der Waals surface area contributed by atoms with Gasteiger partial charge in [0.1, 0.15) is 17.3 Å². The zero-order valence-electron chi connectivity index (χ0n) is 12.0. The van der Waals surface area contributed by atoms with Gasteiger partial charge in [-0.1, -0.05) is 12.1 Å². The Bertz CT molecular complexity index is 663. The van der Waals surface area contributed by atoms with Crippen LogP contribution in [0.1, 0.15) is 45.8 Å². The fourth-order valence-corrected chi connectivity index (χ4v) is 2.36. The van der Waals surface area contributed by atoms with Crippen LogP contribution in [-0.4, -0.2) is 11.9 Å². The smallest absolute Gasteiger partial charge is 0.196 e. The van der Waals surface area contributed by atoms with Gasteiger partial charge in [-0.05, 0) is 45.7 Å². The van der Waals surface area contributed by atoms with Gasteiger partial charge in [0.05, 0.1) is 11.7 Å². The Balaban J connectivity index is 1.93. The molecule has 0 spiro atoms. The molecule has 2 aromatic rings. The van der Waals surface area contributed by atoms with Gasteiger partial charge in [-0.15, -0.1) is 0 Å². The van der Waals surface area contributed by atoms with Crippen molar-refractivity contribution < 1.29 is 13.9 Å². The Morgan fingerprint density at radius 3 is 2.55 bits per heavy atom. The molecule has 1 aliphatic carbocycles. The first-order chi connectivity index (χ1) is 9.56. The van der Waals surface area contributed by atoms with Gasteiger partial charge in [-0.3, -0.25) is 4.79 Å². The molecule has 104 valence electrons. The summed E-state index contributed by atoms with van der Waals surface area (Å²) >= 11 is 0. The third-order valence-corrected chi connectivity index (χ3v) is 3.71. The maximum Gasteiger partial charge on any atom is 0.196 e. The predicted molar refractivity (Wildman–Crippen MR) is 76.4 cm³/mol. The number of furan rings is 1. The molecular weight excluding hydrogens is 252 g/mol. The highest BCUT2D eigenvalue weighted by Crippen LogP contribution is 2.29. The molecule has 3 rings (SSSR count). The van der Waals surface area contributed by atoms with E-state index in [4.69, 9.17) is 9.15 Å². The van der Waals surface area contributed by atoms with E-state index in [1.165, 1.54) is 0 Å². The Morgan fingerprint density at radius 2 is 1.95 bits per heavy atom. The van der Waals surface area contributed by atoms with Crippen LogP contribution in [0.5, 0.6) is 5.75 Å². The number of hydrogen-bond acceptors (Lipinski definition) is 3. The summed E-state index contributed by atoms with van der Waals surface area (Å²) in [7, 11) is 0. The molecule has 1 saturated carbocycles. The average molecular weight is 270 g/mol. The van der Waals surface area contributed by atoms with Gasteiger partial charge in [0.25, 0.3) is 0 Å². The van der Waals surface area contributed by atoms with E-state index >= 15 is 0 Å². The first-order valence-corrected chi connectivity index (χ1v) is 6.94. The summed E-state index contributed by atoms with van der Waals surface area (Å²) in [6, 6.07) is 7.41. The van der Waals surface area contributed by atoms with Crippen molar-refractivity contribution in [2.45, 2.75) is 39.7 Å². The molecule has 1 aliphatic rings. The van der Waals surface area contributed by atoms with E-state index in [-0.39, 0.29) is 5.78 Å². The lowest BCUT2D eigenvalue weighted by Crippen LogP contribution is -2.05. The molecule has 0 N–H and O–H groups in total. The highest BCUT2D eigenvalue weighted by atomic mass is 16.5. The van der Waals surface area contributed by atoms with Crippen molar-refractivity contribution in [3.8, 4) is 5.75 Å². The van der Waals surface area contributed by atoms with Gasteiger partial charge in [0.15, 0.2) is 5.78 Å². The molecule has 0 bridgehead atoms. The zero-order chi connectivity index (χ0) is 14.3. The van der Waals surface area contributed by atoms with Crippen LogP contribution in [0.25, 0.3) is 0 Å². The van der Waals surface area contributed by atoms with E-state index in [9.17, 15) is 4.79 Å². The molecule has 1 fully saturated rings. The predicted octanol–water partition coefficient (Wildman–Crippen LogP) is 3.98. The van der Waals surface area contributed by atoms with Crippen molar-refractivity contribution >= 4 is 5.78 Å². The molecule has 0 atom stereocenters. The summed E-state index contributed by atoms with van der Waals surface area (Å²) in [6.45, 7) is 5.63. The summed E-state index contributed by atoms with van der Waals surface area (Å²) < 4.78 is 11.3. The number of ketones is 1. The molecule has 0 unspecified atom stereocenters. The van der Waals surface area contributed by atoms with Gasteiger partial charge < -0.3 is 9.15 Å². The van der Waals surface area contributed by atoms with Gasteiger partial charge in [0, 0.05) is 11.1 Å². The normalized spacial score (nSPS) is 14.3. The van der Waals surface area contributed by atoms with Crippen molar-refractivity contribution in [1.29, 1.82) is 0 Å². The van der Waals surface area contributed by atoms with Crippen LogP contribution in [-0.2, 0) is 0 Å². The molecule has 0 aliphatic heterocycles. The minimum Gasteiger partial charge on any atom is -0.490 e. The zero-order valence-corrected chi connectivity index (χ0v) is 12.0. The second-order valence-corrected chi connectivity index (χ2v) is 5.39. The summed E-state index contributed by atoms with van der Waals surface area (Å²) in [6.07, 6.45) is 2.55. The third kappa shape index (κ3) is 2.36. The van der Waals surface area contributed by atoms with Crippen molar-refractivity contribution in [2.75, 3.05) is 0 Å². The molecule has 20 heavy (non-hydrogen) atoms. The Morgan fingerprint density at radius 1 is 1.20 bits per heavy atom. The third-order valence-electron chi connectivity index (χ3n) is 3.71. The minimum atomic E-state index is -0.00176. The number of carbonyl (C=O) groups is 1. The van der Waals surface area contributed by atoms with E-state index in [0.29, 0.717) is 23.0 Å². The molecule has 0 amide bonds. The highest BCUT2D eigenvalue weighted by Gasteiger charge is 2.24. The van der Waals surface area contributed by atoms with E-state index in [0.717, 1.165) is 29.9 Å². The Labute approximate surface area is 118 Å². The summed E-state index contributed by atoms with van der Waals surface area (Å²) in [5.74, 6) is 2.25. The Kier molecular flexibility index (Phi) is 3.13. The van der Waals surface area contributed by atoms with E-state index in [2.05, 4.69) is 0 Å². The second-order valence-electron chi connectivity index (χ2n) is 5.39. The molecule has 1 aromatic carbocycles. The molecule has 3 heteroatoms. The van der Waals surface area contributed by atoms with Crippen LogP contribution in [0.2, 0.25) is 0 Å². The molecular formula is C17H18O3. The number of benzene rings is 1. The maximum atomic E-state index is 12.6. The number of rotatable bonds is 4. The standard InChI is InChI=1S/C17H18O3/c1-10-11(2)19-12(3)16(10)17(18)13-5-4-6-15(9-13)20-14-7-8-14/h4-6,9,14H,7-8H2,1-3H3. The number of aryl methyl sites for hydroxylation is 2. The first kappa shape index (κ1) is 13.0. The number of carbonyl (C=O) groups excluding carboxylic acids is 1. The molecule has 1 heterocycles. The fraction of sp³-hybridized carbons (Fsp3) is 0.353. The second kappa shape index (κ2) is 4.82. The lowest BCUT2D eigenvalue weighted by Gasteiger charge is -2.06.